The molecule has 0 radical (unpaired) electrons. The molecule has 0 aliphatic carbocycles. The molecule has 0 bridgehead atoms. The molecule has 4 nitrogen and oxygen atoms in total. The number of ether oxygens (including phenoxy) is 1. The molecule has 0 aromatic heterocycles. The van der Waals surface area contributed by atoms with Gasteiger partial charge in [-0.2, -0.15) is 0 Å². The quantitative estimate of drug-likeness (QED) is 0.828. The summed E-state index contributed by atoms with van der Waals surface area (Å²) in [6.45, 7) is 7.70. The van der Waals surface area contributed by atoms with Gasteiger partial charge in [0.2, 0.25) is 0 Å². The van der Waals surface area contributed by atoms with Gasteiger partial charge in [0.05, 0.1) is 13.2 Å². The Bertz CT molecular complexity index is 377. The number of rotatable bonds is 6. The molecule has 4 heteroatoms. The lowest BCUT2D eigenvalue weighted by Gasteiger charge is -2.28. The van der Waals surface area contributed by atoms with Crippen LogP contribution >= 0.6 is 0 Å². The second-order valence-electron chi connectivity index (χ2n) is 5.22. The Labute approximate surface area is 116 Å². The first-order valence-corrected chi connectivity index (χ1v) is 7.04. The molecule has 0 atom stereocenters. The Kier molecular flexibility index (Phi) is 5.79. The van der Waals surface area contributed by atoms with Crippen molar-refractivity contribution in [2.75, 3.05) is 46.4 Å². The van der Waals surface area contributed by atoms with E-state index < -0.39 is 0 Å². The number of hydrogen-bond acceptors (Lipinski definition) is 4. The molecule has 0 amide bonds. The van der Waals surface area contributed by atoms with Crippen LogP contribution in [-0.4, -0.2) is 56.2 Å². The van der Waals surface area contributed by atoms with E-state index in [0.29, 0.717) is 6.54 Å². The van der Waals surface area contributed by atoms with E-state index in [1.54, 1.807) is 0 Å². The minimum absolute atomic E-state index is 0.616. The van der Waals surface area contributed by atoms with Crippen molar-refractivity contribution in [2.24, 2.45) is 5.73 Å². The zero-order valence-electron chi connectivity index (χ0n) is 11.8. The van der Waals surface area contributed by atoms with Crippen molar-refractivity contribution in [2.45, 2.75) is 13.1 Å². The second-order valence-corrected chi connectivity index (χ2v) is 5.22. The highest BCUT2D eigenvalue weighted by Crippen LogP contribution is 2.07. The maximum absolute atomic E-state index is 5.67. The second kappa shape index (κ2) is 7.60. The standard InChI is InChI=1S/C15H25N3O/c1-17(5-6-18-7-9-19-10-8-18)13-15-4-2-3-14(11-15)12-16/h2-4,11H,5-10,12-13,16H2,1H3. The Morgan fingerprint density at radius 2 is 2.00 bits per heavy atom. The van der Waals surface area contributed by atoms with Crippen LogP contribution < -0.4 is 5.73 Å². The summed E-state index contributed by atoms with van der Waals surface area (Å²) in [5, 5.41) is 0. The minimum Gasteiger partial charge on any atom is -0.379 e. The van der Waals surface area contributed by atoms with Gasteiger partial charge in [-0.15, -0.1) is 0 Å². The minimum atomic E-state index is 0.616. The van der Waals surface area contributed by atoms with Crippen molar-refractivity contribution >= 4 is 0 Å². The highest BCUT2D eigenvalue weighted by molar-refractivity contribution is 5.23. The number of nitrogens with zero attached hydrogens (tertiary/aromatic N) is 2. The van der Waals surface area contributed by atoms with Crippen molar-refractivity contribution < 1.29 is 4.74 Å². The van der Waals surface area contributed by atoms with Crippen LogP contribution in [0.3, 0.4) is 0 Å². The molecule has 2 rings (SSSR count). The van der Waals surface area contributed by atoms with E-state index in [2.05, 4.69) is 41.1 Å². The van der Waals surface area contributed by atoms with Crippen molar-refractivity contribution in [3.8, 4) is 0 Å². The third-order valence-corrected chi connectivity index (χ3v) is 3.58. The van der Waals surface area contributed by atoms with Gasteiger partial charge in [-0.1, -0.05) is 24.3 Å². The third-order valence-electron chi connectivity index (χ3n) is 3.58. The molecule has 1 aliphatic heterocycles. The summed E-state index contributed by atoms with van der Waals surface area (Å²) < 4.78 is 5.36. The van der Waals surface area contributed by atoms with Crippen molar-refractivity contribution in [3.05, 3.63) is 35.4 Å². The van der Waals surface area contributed by atoms with Gasteiger partial charge in [0.15, 0.2) is 0 Å². The van der Waals surface area contributed by atoms with Crippen LogP contribution in [0.4, 0.5) is 0 Å². The van der Waals surface area contributed by atoms with Gasteiger partial charge in [0.25, 0.3) is 0 Å². The average molecular weight is 263 g/mol. The Morgan fingerprint density at radius 3 is 2.74 bits per heavy atom. The van der Waals surface area contributed by atoms with Crippen LogP contribution in [0, 0.1) is 0 Å². The van der Waals surface area contributed by atoms with E-state index in [1.165, 1.54) is 11.1 Å². The first-order chi connectivity index (χ1) is 9.28. The van der Waals surface area contributed by atoms with Crippen LogP contribution in [0.5, 0.6) is 0 Å². The summed E-state index contributed by atoms with van der Waals surface area (Å²) in [6.07, 6.45) is 0. The topological polar surface area (TPSA) is 41.7 Å². The van der Waals surface area contributed by atoms with Crippen LogP contribution in [0.1, 0.15) is 11.1 Å². The monoisotopic (exact) mass is 263 g/mol. The Balaban J connectivity index is 1.75. The van der Waals surface area contributed by atoms with Crippen LogP contribution in [0.2, 0.25) is 0 Å². The smallest absolute Gasteiger partial charge is 0.0594 e. The molecule has 0 unspecified atom stereocenters. The van der Waals surface area contributed by atoms with Crippen molar-refractivity contribution in [1.82, 2.24) is 9.80 Å². The lowest BCUT2D eigenvalue weighted by Crippen LogP contribution is -2.40. The fourth-order valence-electron chi connectivity index (χ4n) is 2.38. The number of hydrogen-bond donors (Lipinski definition) is 1. The van der Waals surface area contributed by atoms with Crippen molar-refractivity contribution in [1.29, 1.82) is 0 Å². The molecular formula is C15H25N3O. The fraction of sp³-hybridized carbons (Fsp3) is 0.600. The summed E-state index contributed by atoms with van der Waals surface area (Å²) in [6, 6.07) is 8.54. The maximum atomic E-state index is 5.67. The highest BCUT2D eigenvalue weighted by Gasteiger charge is 2.10. The molecule has 1 aliphatic rings. The van der Waals surface area contributed by atoms with Crippen LogP contribution in [-0.2, 0) is 17.8 Å². The van der Waals surface area contributed by atoms with Gasteiger partial charge in [-0.3, -0.25) is 4.90 Å². The third kappa shape index (κ3) is 4.91. The molecule has 1 saturated heterocycles. The summed E-state index contributed by atoms with van der Waals surface area (Å²) in [4.78, 5) is 4.83. The summed E-state index contributed by atoms with van der Waals surface area (Å²) in [5.74, 6) is 0. The van der Waals surface area contributed by atoms with E-state index in [-0.39, 0.29) is 0 Å². The number of likely N-dealkylation sites (N-methyl/N-ethyl adjacent to an activating group) is 1. The SMILES string of the molecule is CN(CCN1CCOCC1)Cc1cccc(CN)c1. The van der Waals surface area contributed by atoms with E-state index >= 15 is 0 Å². The number of benzene rings is 1. The van der Waals surface area contributed by atoms with E-state index in [9.17, 15) is 0 Å². The average Bonchev–Trinajstić information content (AvgIpc) is 2.46. The molecule has 19 heavy (non-hydrogen) atoms. The van der Waals surface area contributed by atoms with E-state index in [4.69, 9.17) is 10.5 Å². The van der Waals surface area contributed by atoms with Gasteiger partial charge >= 0.3 is 0 Å². The molecule has 2 N–H and O–H groups in total. The lowest BCUT2D eigenvalue weighted by atomic mass is 10.1. The molecular weight excluding hydrogens is 238 g/mol. The molecule has 1 aromatic carbocycles. The molecule has 1 fully saturated rings. The van der Waals surface area contributed by atoms with Crippen LogP contribution in [0.25, 0.3) is 0 Å². The Hall–Kier alpha value is -0.940. The molecule has 0 saturated carbocycles. The van der Waals surface area contributed by atoms with Gasteiger partial charge in [-0.05, 0) is 18.2 Å². The predicted molar refractivity (Wildman–Crippen MR) is 77.9 cm³/mol. The summed E-state index contributed by atoms with van der Waals surface area (Å²) in [7, 11) is 2.18. The molecule has 106 valence electrons. The Morgan fingerprint density at radius 1 is 1.26 bits per heavy atom. The van der Waals surface area contributed by atoms with Crippen molar-refractivity contribution in [3.63, 3.8) is 0 Å². The first kappa shape index (κ1) is 14.5. The number of morpholine rings is 1. The normalized spacial score (nSPS) is 17.0. The summed E-state index contributed by atoms with van der Waals surface area (Å²) in [5.41, 5.74) is 8.22. The van der Waals surface area contributed by atoms with E-state index in [0.717, 1.165) is 45.9 Å². The van der Waals surface area contributed by atoms with E-state index in [1.807, 2.05) is 0 Å². The number of nitrogens with two attached hydrogens (primary N) is 1. The molecule has 1 aromatic rings. The highest BCUT2D eigenvalue weighted by atomic mass is 16.5. The first-order valence-electron chi connectivity index (χ1n) is 7.04. The largest absolute Gasteiger partial charge is 0.379 e. The molecule has 0 spiro atoms. The zero-order valence-corrected chi connectivity index (χ0v) is 11.8. The van der Waals surface area contributed by atoms with Gasteiger partial charge in [0.1, 0.15) is 0 Å². The van der Waals surface area contributed by atoms with Crippen LogP contribution in [0.15, 0.2) is 24.3 Å². The maximum Gasteiger partial charge on any atom is 0.0594 e. The zero-order chi connectivity index (χ0) is 13.5. The predicted octanol–water partition coefficient (Wildman–Crippen LogP) is 0.909. The lowest BCUT2D eigenvalue weighted by molar-refractivity contribution is 0.0342. The van der Waals surface area contributed by atoms with Gasteiger partial charge < -0.3 is 15.4 Å². The molecule has 1 heterocycles. The van der Waals surface area contributed by atoms with Gasteiger partial charge in [-0.25, -0.2) is 0 Å². The summed E-state index contributed by atoms with van der Waals surface area (Å²) >= 11 is 0. The fourth-order valence-corrected chi connectivity index (χ4v) is 2.38. The van der Waals surface area contributed by atoms with Gasteiger partial charge in [0, 0.05) is 39.3 Å².